The third-order valence-corrected chi connectivity index (χ3v) is 10.1. The number of fused-ring (bicyclic) bond motifs is 1. The van der Waals surface area contributed by atoms with Gasteiger partial charge in [0.15, 0.2) is 0 Å². The van der Waals surface area contributed by atoms with E-state index in [-0.39, 0.29) is 11.9 Å². The van der Waals surface area contributed by atoms with Crippen molar-refractivity contribution in [1.29, 1.82) is 0 Å². The number of benzene rings is 4. The molecular weight excluding hydrogens is 563 g/mol. The molecule has 6 heteroatoms. The van der Waals surface area contributed by atoms with Crippen molar-refractivity contribution in [3.8, 4) is 0 Å². The predicted octanol–water partition coefficient (Wildman–Crippen LogP) is 8.50. The summed E-state index contributed by atoms with van der Waals surface area (Å²) in [6.45, 7) is 3.19. The lowest BCUT2D eigenvalue weighted by Gasteiger charge is -2.43. The Morgan fingerprint density at radius 2 is 1.60 bits per heavy atom. The van der Waals surface area contributed by atoms with Gasteiger partial charge in [-0.25, -0.2) is 0 Å². The molecule has 4 aromatic carbocycles. The predicted molar refractivity (Wildman–Crippen MR) is 172 cm³/mol. The molecule has 0 aromatic heterocycles. The van der Waals surface area contributed by atoms with Crippen LogP contribution < -0.4 is 0 Å². The molecule has 0 bridgehead atoms. The Bertz CT molecular complexity index is 1530. The number of piperidine rings is 2. The molecule has 2 heterocycles. The number of rotatable bonds is 7. The molecule has 2 fully saturated rings. The Morgan fingerprint density at radius 3 is 2.36 bits per heavy atom. The number of hydrogen-bond donors (Lipinski definition) is 1. The summed E-state index contributed by atoms with van der Waals surface area (Å²) in [5, 5.41) is 14.8. The fourth-order valence-electron chi connectivity index (χ4n) is 6.91. The monoisotopic (exact) mass is 600 g/mol. The van der Waals surface area contributed by atoms with Gasteiger partial charge in [0.1, 0.15) is 0 Å². The fourth-order valence-corrected chi connectivity index (χ4v) is 7.21. The first kappa shape index (κ1) is 29.2. The van der Waals surface area contributed by atoms with Gasteiger partial charge in [0.2, 0.25) is 0 Å². The minimum absolute atomic E-state index is 0.128. The Balaban J connectivity index is 1.14. The maximum absolute atomic E-state index is 13.5. The number of halogens is 2. The van der Waals surface area contributed by atoms with E-state index in [2.05, 4.69) is 23.1 Å². The first-order chi connectivity index (χ1) is 20.4. The molecule has 2 aliphatic heterocycles. The molecule has 2 saturated heterocycles. The summed E-state index contributed by atoms with van der Waals surface area (Å²) >= 11 is 12.8. The quantitative estimate of drug-likeness (QED) is 0.231. The van der Waals surface area contributed by atoms with Crippen LogP contribution in [0.3, 0.4) is 0 Å². The molecule has 2 atom stereocenters. The largest absolute Gasteiger partial charge is 0.385 e. The molecule has 2 unspecified atom stereocenters. The molecule has 1 N–H and O–H groups in total. The van der Waals surface area contributed by atoms with Crippen LogP contribution in [0.4, 0.5) is 0 Å². The first-order valence-corrected chi connectivity index (χ1v) is 15.9. The highest BCUT2D eigenvalue weighted by atomic mass is 35.5. The summed E-state index contributed by atoms with van der Waals surface area (Å²) in [5.41, 5.74) is 2.12. The molecule has 0 aliphatic carbocycles. The minimum Gasteiger partial charge on any atom is -0.385 e. The van der Waals surface area contributed by atoms with Crippen LogP contribution in [0, 0.1) is 5.92 Å². The molecule has 0 spiro atoms. The zero-order valence-corrected chi connectivity index (χ0v) is 25.4. The summed E-state index contributed by atoms with van der Waals surface area (Å²) in [5.74, 6) is 0.571. The van der Waals surface area contributed by atoms with Crippen LogP contribution in [0.5, 0.6) is 0 Å². The molecule has 2 aliphatic rings. The topological polar surface area (TPSA) is 43.8 Å². The van der Waals surface area contributed by atoms with E-state index in [1.807, 2.05) is 77.7 Å². The van der Waals surface area contributed by atoms with Crippen molar-refractivity contribution in [3.05, 3.63) is 118 Å². The molecule has 0 radical (unpaired) electrons. The smallest absolute Gasteiger partial charge is 0.253 e. The minimum atomic E-state index is -0.799. The van der Waals surface area contributed by atoms with E-state index in [1.54, 1.807) is 0 Å². The normalized spacial score (nSPS) is 20.0. The van der Waals surface area contributed by atoms with Crippen molar-refractivity contribution in [2.75, 3.05) is 26.2 Å². The number of hydrogen-bond acceptors (Lipinski definition) is 3. The lowest BCUT2D eigenvalue weighted by Crippen LogP contribution is -2.44. The number of likely N-dealkylation sites (tertiary alicyclic amines) is 2. The Morgan fingerprint density at radius 1 is 0.857 bits per heavy atom. The molecule has 218 valence electrons. The van der Waals surface area contributed by atoms with Gasteiger partial charge in [0.25, 0.3) is 5.91 Å². The zero-order chi connectivity index (χ0) is 29.1. The van der Waals surface area contributed by atoms with Crippen LogP contribution in [0.25, 0.3) is 10.8 Å². The van der Waals surface area contributed by atoms with Crippen LogP contribution >= 0.6 is 23.2 Å². The van der Waals surface area contributed by atoms with E-state index in [9.17, 15) is 9.90 Å². The third kappa shape index (κ3) is 6.38. The summed E-state index contributed by atoms with van der Waals surface area (Å²) in [6.07, 6.45) is 5.51. The molecule has 6 rings (SSSR count). The van der Waals surface area contributed by atoms with Gasteiger partial charge >= 0.3 is 0 Å². The average Bonchev–Trinajstić information content (AvgIpc) is 3.03. The van der Waals surface area contributed by atoms with E-state index in [4.69, 9.17) is 23.2 Å². The second-order valence-electron chi connectivity index (χ2n) is 12.0. The molecule has 4 nitrogen and oxygen atoms in total. The third-order valence-electron chi connectivity index (χ3n) is 9.36. The van der Waals surface area contributed by atoms with Crippen molar-refractivity contribution < 1.29 is 9.90 Å². The van der Waals surface area contributed by atoms with Crippen LogP contribution in [0.15, 0.2) is 91.0 Å². The number of amides is 1. The van der Waals surface area contributed by atoms with Crippen LogP contribution in [0.1, 0.15) is 66.1 Å². The van der Waals surface area contributed by atoms with Crippen LogP contribution in [0.2, 0.25) is 10.0 Å². The highest BCUT2D eigenvalue weighted by Crippen LogP contribution is 2.39. The zero-order valence-electron chi connectivity index (χ0n) is 23.9. The van der Waals surface area contributed by atoms with Gasteiger partial charge in [0, 0.05) is 37.8 Å². The van der Waals surface area contributed by atoms with E-state index >= 15 is 0 Å². The number of aliphatic hydroxyl groups is 1. The van der Waals surface area contributed by atoms with Crippen molar-refractivity contribution in [3.63, 3.8) is 0 Å². The van der Waals surface area contributed by atoms with E-state index in [1.165, 1.54) is 0 Å². The molecule has 42 heavy (non-hydrogen) atoms. The second kappa shape index (κ2) is 12.8. The SMILES string of the molecule is O=C(c1ccc2ccccc2c1)N1CCCC(CCC(c2ccc(Cl)c(Cl)c2)N2CCC(O)(c3ccccc3)CC2)C1. The lowest BCUT2D eigenvalue weighted by atomic mass is 9.83. The number of nitrogens with zero attached hydrogens (tertiary/aromatic N) is 2. The Hall–Kier alpha value is -2.89. The number of carbonyl (C=O) groups excluding carboxylic acids is 1. The molecular formula is C36H38Cl2N2O2. The van der Waals surface area contributed by atoms with E-state index in [0.29, 0.717) is 28.8 Å². The Labute approximate surface area is 258 Å². The first-order valence-electron chi connectivity index (χ1n) is 15.1. The fraction of sp³-hybridized carbons (Fsp3) is 0.361. The summed E-state index contributed by atoms with van der Waals surface area (Å²) in [4.78, 5) is 18.1. The maximum Gasteiger partial charge on any atom is 0.253 e. The van der Waals surface area contributed by atoms with Gasteiger partial charge in [-0.3, -0.25) is 9.69 Å². The van der Waals surface area contributed by atoms with Crippen molar-refractivity contribution in [1.82, 2.24) is 9.80 Å². The highest BCUT2D eigenvalue weighted by molar-refractivity contribution is 6.42. The summed E-state index contributed by atoms with van der Waals surface area (Å²) < 4.78 is 0. The second-order valence-corrected chi connectivity index (χ2v) is 12.8. The molecule has 1 amide bonds. The van der Waals surface area contributed by atoms with Crippen LogP contribution in [-0.4, -0.2) is 47.0 Å². The van der Waals surface area contributed by atoms with E-state index in [0.717, 1.165) is 79.3 Å². The highest BCUT2D eigenvalue weighted by Gasteiger charge is 2.36. The van der Waals surface area contributed by atoms with Gasteiger partial charge in [-0.2, -0.15) is 0 Å². The van der Waals surface area contributed by atoms with Crippen molar-refractivity contribution in [2.24, 2.45) is 5.92 Å². The number of carbonyl (C=O) groups is 1. The van der Waals surface area contributed by atoms with Gasteiger partial charge < -0.3 is 10.0 Å². The van der Waals surface area contributed by atoms with Gasteiger partial charge in [-0.15, -0.1) is 0 Å². The van der Waals surface area contributed by atoms with Gasteiger partial charge in [-0.1, -0.05) is 89.9 Å². The van der Waals surface area contributed by atoms with E-state index < -0.39 is 5.60 Å². The summed E-state index contributed by atoms with van der Waals surface area (Å²) in [7, 11) is 0. The average molecular weight is 602 g/mol. The lowest BCUT2D eigenvalue weighted by molar-refractivity contribution is -0.0377. The van der Waals surface area contributed by atoms with Crippen molar-refractivity contribution >= 4 is 39.9 Å². The van der Waals surface area contributed by atoms with Gasteiger partial charge in [0.05, 0.1) is 15.6 Å². The van der Waals surface area contributed by atoms with Gasteiger partial charge in [-0.05, 0) is 90.6 Å². The van der Waals surface area contributed by atoms with Crippen molar-refractivity contribution in [2.45, 2.75) is 50.2 Å². The van der Waals surface area contributed by atoms with Crippen LogP contribution in [-0.2, 0) is 5.60 Å². The Kier molecular flexibility index (Phi) is 8.88. The standard InChI is InChI=1S/C36H38Cl2N2O2/c37-32-16-15-29(24-33(32)38)34(39-21-18-36(42,19-22-39)31-10-2-1-3-11-31)17-12-26-7-6-20-40(25-26)35(41)30-14-13-27-8-4-5-9-28(27)23-30/h1-5,8-11,13-16,23-24,26,34,42H,6-7,12,17-22,25H2. The summed E-state index contributed by atoms with van der Waals surface area (Å²) in [6, 6.07) is 30.4. The maximum atomic E-state index is 13.5. The molecule has 4 aromatic rings. The molecule has 0 saturated carbocycles.